The summed E-state index contributed by atoms with van der Waals surface area (Å²) in [6, 6.07) is 7.73. The highest BCUT2D eigenvalue weighted by molar-refractivity contribution is 7.89. The number of likely N-dealkylation sites (N-methyl/N-ethyl adjacent to an activating group) is 1. The second-order valence-electron chi connectivity index (χ2n) is 8.69. The summed E-state index contributed by atoms with van der Waals surface area (Å²) in [6.07, 6.45) is 0.940. The molecular formula is C20H31N3O3S. The maximum absolute atomic E-state index is 12.9. The van der Waals surface area contributed by atoms with Crippen LogP contribution in [0.25, 0.3) is 0 Å². The van der Waals surface area contributed by atoms with E-state index in [1.165, 1.54) is 0 Å². The van der Waals surface area contributed by atoms with Crippen molar-refractivity contribution in [2.75, 3.05) is 52.9 Å². The number of rotatable bonds is 4. The first kappa shape index (κ1) is 19.3. The van der Waals surface area contributed by atoms with Gasteiger partial charge < -0.3 is 9.64 Å². The molecule has 0 amide bonds. The quantitative estimate of drug-likeness (QED) is 0.778. The largest absolute Gasteiger partial charge is 0.371 e. The molecule has 3 saturated heterocycles. The van der Waals surface area contributed by atoms with Crippen LogP contribution in [0.15, 0.2) is 29.2 Å². The summed E-state index contributed by atoms with van der Waals surface area (Å²) in [5, 5.41) is 0. The Morgan fingerprint density at radius 2 is 1.70 bits per heavy atom. The van der Waals surface area contributed by atoms with Crippen molar-refractivity contribution in [3.05, 3.63) is 29.8 Å². The molecule has 1 unspecified atom stereocenters. The molecule has 3 fully saturated rings. The van der Waals surface area contributed by atoms with E-state index in [9.17, 15) is 8.42 Å². The number of ether oxygens (including phenoxy) is 1. The Hall–Kier alpha value is -0.990. The van der Waals surface area contributed by atoms with Crippen molar-refractivity contribution in [1.29, 1.82) is 0 Å². The average molecular weight is 394 g/mol. The van der Waals surface area contributed by atoms with Gasteiger partial charge >= 0.3 is 0 Å². The third-order valence-corrected chi connectivity index (χ3v) is 8.16. The Labute approximate surface area is 163 Å². The molecule has 0 bridgehead atoms. The summed E-state index contributed by atoms with van der Waals surface area (Å²) in [5.74, 6) is 0.396. The molecule has 4 rings (SSSR count). The standard InChI is InChI=1S/C20H31N3O3S/c1-16(2)17-4-6-19(7-5-17)27(24,25)23-14-20(15-23)12-18(13-26-20)22-10-8-21(3)9-11-22/h4-7,16,18H,8-15H2,1-3H3. The van der Waals surface area contributed by atoms with E-state index in [4.69, 9.17) is 4.74 Å². The Balaban J connectivity index is 1.37. The zero-order valence-electron chi connectivity index (χ0n) is 16.6. The van der Waals surface area contributed by atoms with Crippen molar-refractivity contribution < 1.29 is 13.2 Å². The van der Waals surface area contributed by atoms with Gasteiger partial charge in [0, 0.05) is 45.3 Å². The highest BCUT2D eigenvalue weighted by Gasteiger charge is 2.54. The molecule has 27 heavy (non-hydrogen) atoms. The molecule has 150 valence electrons. The van der Waals surface area contributed by atoms with E-state index in [0.29, 0.717) is 29.9 Å². The molecule has 0 radical (unpaired) electrons. The number of piperazine rings is 1. The lowest BCUT2D eigenvalue weighted by atomic mass is 9.91. The minimum Gasteiger partial charge on any atom is -0.371 e. The van der Waals surface area contributed by atoms with Crippen LogP contribution < -0.4 is 0 Å². The number of sulfonamides is 1. The van der Waals surface area contributed by atoms with Crippen LogP contribution in [0.1, 0.15) is 31.7 Å². The van der Waals surface area contributed by atoms with Crippen molar-refractivity contribution in [1.82, 2.24) is 14.1 Å². The van der Waals surface area contributed by atoms with Gasteiger partial charge in [-0.25, -0.2) is 8.42 Å². The summed E-state index contributed by atoms with van der Waals surface area (Å²) in [5.41, 5.74) is 0.877. The van der Waals surface area contributed by atoms with Crippen molar-refractivity contribution in [3.63, 3.8) is 0 Å². The first-order valence-corrected chi connectivity index (χ1v) is 11.4. The third kappa shape index (κ3) is 3.68. The fourth-order valence-electron chi connectivity index (χ4n) is 4.40. The van der Waals surface area contributed by atoms with Crippen LogP contribution in [0.5, 0.6) is 0 Å². The molecule has 1 aromatic rings. The Morgan fingerprint density at radius 1 is 1.07 bits per heavy atom. The predicted molar refractivity (Wildman–Crippen MR) is 105 cm³/mol. The van der Waals surface area contributed by atoms with Gasteiger partial charge in [-0.3, -0.25) is 4.90 Å². The van der Waals surface area contributed by atoms with E-state index in [1.807, 2.05) is 12.1 Å². The zero-order valence-corrected chi connectivity index (χ0v) is 17.4. The van der Waals surface area contributed by atoms with Gasteiger partial charge in [0.15, 0.2) is 0 Å². The van der Waals surface area contributed by atoms with Gasteiger partial charge in [-0.2, -0.15) is 4.31 Å². The van der Waals surface area contributed by atoms with Gasteiger partial charge in [0.1, 0.15) is 0 Å². The zero-order chi connectivity index (χ0) is 19.2. The summed E-state index contributed by atoms with van der Waals surface area (Å²) in [7, 11) is -1.27. The molecule has 0 saturated carbocycles. The van der Waals surface area contributed by atoms with Crippen molar-refractivity contribution >= 4 is 10.0 Å². The lowest BCUT2D eigenvalue weighted by molar-refractivity contribution is -0.0774. The molecule has 0 aliphatic carbocycles. The number of hydrogen-bond donors (Lipinski definition) is 0. The Bertz CT molecular complexity index is 764. The van der Waals surface area contributed by atoms with Crippen LogP contribution in [-0.2, 0) is 14.8 Å². The molecule has 3 aliphatic rings. The van der Waals surface area contributed by atoms with E-state index in [0.717, 1.165) is 44.8 Å². The van der Waals surface area contributed by atoms with Crippen molar-refractivity contribution in [3.8, 4) is 0 Å². The van der Waals surface area contributed by atoms with Crippen LogP contribution in [0.2, 0.25) is 0 Å². The lowest BCUT2D eigenvalue weighted by Gasteiger charge is -2.46. The molecule has 6 nitrogen and oxygen atoms in total. The predicted octanol–water partition coefficient (Wildman–Crippen LogP) is 1.59. The fraction of sp³-hybridized carbons (Fsp3) is 0.700. The highest BCUT2D eigenvalue weighted by Crippen LogP contribution is 2.39. The maximum atomic E-state index is 12.9. The lowest BCUT2D eigenvalue weighted by Crippen LogP contribution is -2.63. The van der Waals surface area contributed by atoms with E-state index in [-0.39, 0.29) is 5.60 Å². The van der Waals surface area contributed by atoms with Crippen LogP contribution in [0, 0.1) is 0 Å². The van der Waals surface area contributed by atoms with Gasteiger partial charge in [0.25, 0.3) is 0 Å². The van der Waals surface area contributed by atoms with Gasteiger partial charge in [-0.05, 0) is 37.1 Å². The second-order valence-corrected chi connectivity index (χ2v) is 10.6. The van der Waals surface area contributed by atoms with Crippen molar-refractivity contribution in [2.45, 2.75) is 42.7 Å². The number of hydrogen-bond acceptors (Lipinski definition) is 5. The molecule has 3 heterocycles. The van der Waals surface area contributed by atoms with E-state index >= 15 is 0 Å². The van der Waals surface area contributed by atoms with E-state index < -0.39 is 10.0 Å². The second kappa shape index (κ2) is 7.12. The minimum absolute atomic E-state index is 0.279. The monoisotopic (exact) mass is 393 g/mol. The molecule has 0 N–H and O–H groups in total. The maximum Gasteiger partial charge on any atom is 0.243 e. The fourth-order valence-corrected chi connectivity index (χ4v) is 5.99. The molecule has 1 aromatic carbocycles. The van der Waals surface area contributed by atoms with Crippen molar-refractivity contribution in [2.24, 2.45) is 0 Å². The molecule has 1 spiro atoms. The summed E-state index contributed by atoms with van der Waals surface area (Å²) in [4.78, 5) is 5.25. The van der Waals surface area contributed by atoms with Gasteiger partial charge in [-0.15, -0.1) is 0 Å². The number of nitrogens with zero attached hydrogens (tertiary/aromatic N) is 3. The molecule has 3 aliphatic heterocycles. The Morgan fingerprint density at radius 3 is 2.30 bits per heavy atom. The van der Waals surface area contributed by atoms with E-state index in [1.54, 1.807) is 16.4 Å². The van der Waals surface area contributed by atoms with Gasteiger partial charge in [-0.1, -0.05) is 26.0 Å². The molecule has 0 aromatic heterocycles. The topological polar surface area (TPSA) is 53.1 Å². The summed E-state index contributed by atoms with van der Waals surface area (Å²) < 4.78 is 33.5. The Kier molecular flexibility index (Phi) is 5.10. The SMILES string of the molecule is CC(C)c1ccc(S(=O)(=O)N2CC3(CC(N4CCN(C)CC4)CO3)C2)cc1. The minimum atomic E-state index is -3.42. The van der Waals surface area contributed by atoms with Gasteiger partial charge in [0.2, 0.25) is 10.0 Å². The number of benzene rings is 1. The van der Waals surface area contributed by atoms with Crippen LogP contribution in [-0.4, -0.2) is 87.1 Å². The average Bonchev–Trinajstić information content (AvgIpc) is 3.07. The van der Waals surface area contributed by atoms with Gasteiger partial charge in [0.05, 0.1) is 17.1 Å². The van der Waals surface area contributed by atoms with Crippen LogP contribution in [0.4, 0.5) is 0 Å². The van der Waals surface area contributed by atoms with E-state index in [2.05, 4.69) is 30.7 Å². The molecule has 7 heteroatoms. The van der Waals surface area contributed by atoms with Crippen LogP contribution >= 0.6 is 0 Å². The summed E-state index contributed by atoms with van der Waals surface area (Å²) in [6.45, 7) is 10.2. The third-order valence-electron chi connectivity index (χ3n) is 6.36. The normalized spacial score (nSPS) is 27.3. The first-order chi connectivity index (χ1) is 12.8. The first-order valence-electron chi connectivity index (χ1n) is 9.96. The summed E-state index contributed by atoms with van der Waals surface area (Å²) >= 11 is 0. The molecule has 1 atom stereocenters. The molecular weight excluding hydrogens is 362 g/mol. The smallest absolute Gasteiger partial charge is 0.243 e. The van der Waals surface area contributed by atoms with Crippen LogP contribution in [0.3, 0.4) is 0 Å². The highest BCUT2D eigenvalue weighted by atomic mass is 32.2.